The summed E-state index contributed by atoms with van der Waals surface area (Å²) in [6.07, 6.45) is 5.42. The molecular weight excluding hydrogens is 274 g/mol. The summed E-state index contributed by atoms with van der Waals surface area (Å²) in [7, 11) is 0. The van der Waals surface area contributed by atoms with E-state index in [-0.39, 0.29) is 17.7 Å². The van der Waals surface area contributed by atoms with Crippen LogP contribution in [0.3, 0.4) is 0 Å². The van der Waals surface area contributed by atoms with Crippen LogP contribution in [0, 0.1) is 11.8 Å². The normalized spacial score (nSPS) is 24.6. The van der Waals surface area contributed by atoms with Crippen molar-refractivity contribution in [3.63, 3.8) is 0 Å². The largest absolute Gasteiger partial charge is 0.481 e. The van der Waals surface area contributed by atoms with Gasteiger partial charge in [0.05, 0.1) is 12.5 Å². The highest BCUT2D eigenvalue weighted by Gasteiger charge is 2.33. The molecule has 4 nitrogen and oxygen atoms in total. The average Bonchev–Trinajstić information content (AvgIpc) is 3.10. The summed E-state index contributed by atoms with van der Waals surface area (Å²) in [6, 6.07) is 2.21. The lowest BCUT2D eigenvalue weighted by atomic mass is 10.0. The highest BCUT2D eigenvalue weighted by molar-refractivity contribution is 7.12. The topological polar surface area (TPSA) is 66.4 Å². The van der Waals surface area contributed by atoms with Crippen LogP contribution in [0.4, 0.5) is 0 Å². The molecule has 0 bridgehead atoms. The van der Waals surface area contributed by atoms with E-state index >= 15 is 0 Å². The fraction of sp³-hybridized carbons (Fsp3) is 0.600. The number of carbonyl (C=O) groups excluding carboxylic acids is 1. The minimum absolute atomic E-state index is 0.0160. The molecule has 1 heterocycles. The van der Waals surface area contributed by atoms with Gasteiger partial charge in [-0.3, -0.25) is 9.59 Å². The first-order valence-electron chi connectivity index (χ1n) is 7.24. The Hall–Kier alpha value is -1.36. The van der Waals surface area contributed by atoms with Gasteiger partial charge in [0.2, 0.25) is 5.91 Å². The number of aryl methyl sites for hydroxylation is 2. The molecule has 1 aromatic rings. The number of carboxylic acids is 1. The second kappa shape index (κ2) is 5.56. The molecular formula is C15H19NO3S. The molecule has 3 rings (SSSR count). The number of hydrogen-bond donors (Lipinski definition) is 2. The third-order valence-electron chi connectivity index (χ3n) is 4.39. The minimum Gasteiger partial charge on any atom is -0.481 e. The van der Waals surface area contributed by atoms with Crippen LogP contribution < -0.4 is 5.32 Å². The van der Waals surface area contributed by atoms with Gasteiger partial charge in [0.1, 0.15) is 0 Å². The Morgan fingerprint density at radius 2 is 2.10 bits per heavy atom. The van der Waals surface area contributed by atoms with Gasteiger partial charge in [-0.05, 0) is 50.2 Å². The highest BCUT2D eigenvalue weighted by Crippen LogP contribution is 2.32. The van der Waals surface area contributed by atoms with Crippen molar-refractivity contribution in [3.05, 3.63) is 21.4 Å². The quantitative estimate of drug-likeness (QED) is 0.895. The van der Waals surface area contributed by atoms with E-state index in [9.17, 15) is 9.59 Å². The zero-order valence-electron chi connectivity index (χ0n) is 11.4. The molecule has 0 radical (unpaired) electrons. The third kappa shape index (κ3) is 2.73. The van der Waals surface area contributed by atoms with E-state index in [1.54, 1.807) is 11.3 Å². The van der Waals surface area contributed by atoms with Crippen LogP contribution >= 0.6 is 11.3 Å². The van der Waals surface area contributed by atoms with Gasteiger partial charge in [0.25, 0.3) is 0 Å². The van der Waals surface area contributed by atoms with Gasteiger partial charge in [-0.1, -0.05) is 0 Å². The van der Waals surface area contributed by atoms with Gasteiger partial charge in [-0.15, -0.1) is 11.3 Å². The summed E-state index contributed by atoms with van der Waals surface area (Å²) in [5.74, 6) is -1.21. The van der Waals surface area contributed by atoms with Gasteiger partial charge in [0, 0.05) is 15.7 Å². The lowest BCUT2D eigenvalue weighted by Crippen LogP contribution is -2.29. The number of hydrogen-bond acceptors (Lipinski definition) is 3. The van der Waals surface area contributed by atoms with Crippen molar-refractivity contribution in [1.29, 1.82) is 0 Å². The zero-order chi connectivity index (χ0) is 14.1. The Morgan fingerprint density at radius 3 is 2.80 bits per heavy atom. The van der Waals surface area contributed by atoms with Gasteiger partial charge >= 0.3 is 5.97 Å². The van der Waals surface area contributed by atoms with Gasteiger partial charge in [-0.2, -0.15) is 0 Å². The summed E-state index contributed by atoms with van der Waals surface area (Å²) >= 11 is 1.80. The van der Waals surface area contributed by atoms with E-state index in [0.717, 1.165) is 0 Å². The van der Waals surface area contributed by atoms with Crippen LogP contribution in [-0.4, -0.2) is 17.0 Å². The molecule has 0 spiro atoms. The predicted octanol–water partition coefficient (Wildman–Crippen LogP) is 2.35. The Kier molecular flexibility index (Phi) is 3.78. The van der Waals surface area contributed by atoms with Crippen LogP contribution in [0.5, 0.6) is 0 Å². The number of aliphatic carboxylic acids is 1. The van der Waals surface area contributed by atoms with Crippen molar-refractivity contribution in [3.8, 4) is 0 Å². The maximum Gasteiger partial charge on any atom is 0.306 e. The predicted molar refractivity (Wildman–Crippen MR) is 76.7 cm³/mol. The molecule has 2 aliphatic carbocycles. The third-order valence-corrected chi connectivity index (χ3v) is 5.62. The molecule has 1 amide bonds. The smallest absolute Gasteiger partial charge is 0.306 e. The van der Waals surface area contributed by atoms with Crippen molar-refractivity contribution >= 4 is 23.2 Å². The van der Waals surface area contributed by atoms with Crippen LogP contribution in [0.1, 0.15) is 41.0 Å². The van der Waals surface area contributed by atoms with Crippen molar-refractivity contribution in [2.45, 2.75) is 45.1 Å². The molecule has 2 N–H and O–H groups in total. The van der Waals surface area contributed by atoms with E-state index in [4.69, 9.17) is 5.11 Å². The van der Waals surface area contributed by atoms with Gasteiger partial charge in [-0.25, -0.2) is 0 Å². The first-order chi connectivity index (χ1) is 9.63. The number of carboxylic acid groups (broad SMARTS) is 1. The molecule has 5 heteroatoms. The first kappa shape index (κ1) is 13.6. The standard InChI is InChI=1S/C15H19NO3S/c17-14(10-4-5-11(6-10)15(18)19)16-8-12-7-9-2-1-3-13(9)20-12/h7,10-11H,1-6,8H2,(H,16,17)(H,18,19)/t10-,11+/m1/s1. The summed E-state index contributed by atoms with van der Waals surface area (Å²) < 4.78 is 0. The van der Waals surface area contributed by atoms with Crippen LogP contribution in [0.2, 0.25) is 0 Å². The molecule has 108 valence electrons. The molecule has 1 aromatic heterocycles. The van der Waals surface area contributed by atoms with Crippen LogP contribution in [0.25, 0.3) is 0 Å². The fourth-order valence-corrected chi connectivity index (χ4v) is 4.44. The van der Waals surface area contributed by atoms with Crippen LogP contribution in [-0.2, 0) is 29.0 Å². The molecule has 0 unspecified atom stereocenters. The maximum absolute atomic E-state index is 12.1. The van der Waals surface area contributed by atoms with E-state index < -0.39 is 5.97 Å². The Balaban J connectivity index is 1.51. The second-order valence-corrected chi connectivity index (χ2v) is 7.00. The molecule has 2 aliphatic rings. The number of thiophene rings is 1. The molecule has 0 saturated heterocycles. The SMILES string of the molecule is O=C(O)[C@H]1CC[C@@H](C(=O)NCc2cc3c(s2)CCC3)C1. The maximum atomic E-state index is 12.1. The highest BCUT2D eigenvalue weighted by atomic mass is 32.1. The Morgan fingerprint density at radius 1 is 1.30 bits per heavy atom. The van der Waals surface area contributed by atoms with Crippen LogP contribution in [0.15, 0.2) is 6.07 Å². The van der Waals surface area contributed by atoms with E-state index in [1.165, 1.54) is 34.6 Å². The molecule has 0 aromatic carbocycles. The first-order valence-corrected chi connectivity index (χ1v) is 8.06. The fourth-order valence-electron chi connectivity index (χ4n) is 3.24. The van der Waals surface area contributed by atoms with Gasteiger partial charge in [0.15, 0.2) is 0 Å². The monoisotopic (exact) mass is 293 g/mol. The van der Waals surface area contributed by atoms with E-state index in [1.807, 2.05) is 0 Å². The zero-order valence-corrected chi connectivity index (χ0v) is 12.2. The lowest BCUT2D eigenvalue weighted by Gasteiger charge is -2.10. The Labute approximate surface area is 122 Å². The number of nitrogens with one attached hydrogen (secondary N) is 1. The molecule has 1 fully saturated rings. The number of carbonyl (C=O) groups is 2. The molecule has 2 atom stereocenters. The Bertz CT molecular complexity index is 516. The minimum atomic E-state index is -0.769. The second-order valence-electron chi connectivity index (χ2n) is 5.78. The lowest BCUT2D eigenvalue weighted by molar-refractivity contribution is -0.141. The summed E-state index contributed by atoms with van der Waals surface area (Å²) in [5.41, 5.74) is 1.45. The van der Waals surface area contributed by atoms with Crippen molar-refractivity contribution in [2.24, 2.45) is 11.8 Å². The van der Waals surface area contributed by atoms with E-state index in [0.29, 0.717) is 25.8 Å². The van der Waals surface area contributed by atoms with Crippen molar-refractivity contribution < 1.29 is 14.7 Å². The average molecular weight is 293 g/mol. The molecule has 0 aliphatic heterocycles. The molecule has 20 heavy (non-hydrogen) atoms. The number of rotatable bonds is 4. The summed E-state index contributed by atoms with van der Waals surface area (Å²) in [4.78, 5) is 25.7. The van der Waals surface area contributed by atoms with Crippen molar-refractivity contribution in [1.82, 2.24) is 5.32 Å². The summed E-state index contributed by atoms with van der Waals surface area (Å²) in [6.45, 7) is 0.588. The molecule has 1 saturated carbocycles. The van der Waals surface area contributed by atoms with E-state index in [2.05, 4.69) is 11.4 Å². The van der Waals surface area contributed by atoms with Crippen molar-refractivity contribution in [2.75, 3.05) is 0 Å². The number of fused-ring (bicyclic) bond motifs is 1. The summed E-state index contributed by atoms with van der Waals surface area (Å²) in [5, 5.41) is 11.9. The van der Waals surface area contributed by atoms with Gasteiger partial charge < -0.3 is 10.4 Å². The number of amides is 1.